The molecule has 2 nitrogen and oxygen atoms in total. The molecule has 0 bridgehead atoms. The highest BCUT2D eigenvalue weighted by Crippen LogP contribution is 2.13. The summed E-state index contributed by atoms with van der Waals surface area (Å²) in [7, 11) is 0. The van der Waals surface area contributed by atoms with E-state index in [1.807, 2.05) is 12.2 Å². The lowest BCUT2D eigenvalue weighted by molar-refractivity contribution is 0.689. The quantitative estimate of drug-likeness (QED) is 0.515. The highest BCUT2D eigenvalue weighted by molar-refractivity contribution is 6.30. The summed E-state index contributed by atoms with van der Waals surface area (Å²) >= 11 is 5.67. The van der Waals surface area contributed by atoms with E-state index in [2.05, 4.69) is 0 Å². The molecule has 0 saturated heterocycles. The molecule has 1 rings (SSSR count). The molecule has 2 atom stereocenters. The summed E-state index contributed by atoms with van der Waals surface area (Å²) in [5.41, 5.74) is 11.1. The van der Waals surface area contributed by atoms with Gasteiger partial charge in [-0.3, -0.25) is 0 Å². The predicted octanol–water partition coefficient (Wildman–Crippen LogP) is 0.334. The maximum atomic E-state index is 5.67. The van der Waals surface area contributed by atoms with Crippen molar-refractivity contribution in [3.8, 4) is 0 Å². The van der Waals surface area contributed by atoms with E-state index in [1.54, 1.807) is 6.08 Å². The fourth-order valence-electron chi connectivity index (χ4n) is 0.690. The fraction of sp³-hybridized carbons (Fsp3) is 0.333. The second-order valence-corrected chi connectivity index (χ2v) is 2.48. The van der Waals surface area contributed by atoms with Crippen molar-refractivity contribution in [2.24, 2.45) is 11.5 Å². The first kappa shape index (κ1) is 6.81. The van der Waals surface area contributed by atoms with Crippen molar-refractivity contribution in [1.29, 1.82) is 0 Å². The lowest BCUT2D eigenvalue weighted by Gasteiger charge is -2.18. The third-order valence-electron chi connectivity index (χ3n) is 1.32. The molecule has 50 valence electrons. The average Bonchev–Trinajstić information content (AvgIpc) is 1.83. The van der Waals surface area contributed by atoms with E-state index in [-0.39, 0.29) is 12.1 Å². The van der Waals surface area contributed by atoms with Crippen LogP contribution in [0.15, 0.2) is 23.3 Å². The number of hydrogen-bond donors (Lipinski definition) is 2. The van der Waals surface area contributed by atoms with Gasteiger partial charge in [0.2, 0.25) is 0 Å². The molecule has 2 unspecified atom stereocenters. The Balaban J connectivity index is 2.73. The minimum atomic E-state index is -0.211. The van der Waals surface area contributed by atoms with Crippen molar-refractivity contribution in [3.63, 3.8) is 0 Å². The van der Waals surface area contributed by atoms with Crippen LogP contribution in [0.25, 0.3) is 0 Å². The number of halogens is 1. The Morgan fingerprint density at radius 3 is 2.56 bits per heavy atom. The van der Waals surface area contributed by atoms with Crippen molar-refractivity contribution in [3.05, 3.63) is 23.3 Å². The largest absolute Gasteiger partial charge is 0.323 e. The van der Waals surface area contributed by atoms with E-state index in [9.17, 15) is 0 Å². The van der Waals surface area contributed by atoms with E-state index in [4.69, 9.17) is 23.1 Å². The van der Waals surface area contributed by atoms with Crippen LogP contribution in [-0.2, 0) is 0 Å². The minimum absolute atomic E-state index is 0.123. The van der Waals surface area contributed by atoms with Gasteiger partial charge in [-0.2, -0.15) is 0 Å². The number of rotatable bonds is 0. The Hall–Kier alpha value is -0.310. The second kappa shape index (κ2) is 2.52. The smallest absolute Gasteiger partial charge is 0.0593 e. The molecule has 4 N–H and O–H groups in total. The zero-order chi connectivity index (χ0) is 6.85. The van der Waals surface area contributed by atoms with Crippen LogP contribution in [0.5, 0.6) is 0 Å². The summed E-state index contributed by atoms with van der Waals surface area (Å²) < 4.78 is 0. The molecule has 0 aromatic carbocycles. The molecular weight excluding hydrogens is 136 g/mol. The fourth-order valence-corrected chi connectivity index (χ4v) is 0.909. The molecule has 0 fully saturated rings. The SMILES string of the molecule is NC1C=CC=C(Cl)C1N. The molecule has 0 aromatic heterocycles. The van der Waals surface area contributed by atoms with Crippen LogP contribution in [0.1, 0.15) is 0 Å². The van der Waals surface area contributed by atoms with Crippen LogP contribution >= 0.6 is 11.6 Å². The Morgan fingerprint density at radius 1 is 1.44 bits per heavy atom. The maximum absolute atomic E-state index is 5.67. The molecule has 0 aromatic rings. The first-order chi connectivity index (χ1) is 4.22. The summed E-state index contributed by atoms with van der Waals surface area (Å²) in [6, 6.07) is -0.334. The van der Waals surface area contributed by atoms with Gasteiger partial charge in [0.1, 0.15) is 0 Å². The van der Waals surface area contributed by atoms with E-state index >= 15 is 0 Å². The number of nitrogens with two attached hydrogens (primary N) is 2. The lowest BCUT2D eigenvalue weighted by Crippen LogP contribution is -2.41. The third-order valence-corrected chi connectivity index (χ3v) is 1.70. The van der Waals surface area contributed by atoms with Crippen LogP contribution in [-0.4, -0.2) is 12.1 Å². The van der Waals surface area contributed by atoms with Crippen LogP contribution < -0.4 is 11.5 Å². The van der Waals surface area contributed by atoms with Crippen molar-refractivity contribution in [1.82, 2.24) is 0 Å². The van der Waals surface area contributed by atoms with Gasteiger partial charge in [-0.15, -0.1) is 0 Å². The zero-order valence-electron chi connectivity index (χ0n) is 4.92. The van der Waals surface area contributed by atoms with Gasteiger partial charge in [0.25, 0.3) is 0 Å². The van der Waals surface area contributed by atoms with E-state index < -0.39 is 0 Å². The molecule has 3 heteroatoms. The minimum Gasteiger partial charge on any atom is -0.323 e. The highest BCUT2D eigenvalue weighted by Gasteiger charge is 2.15. The van der Waals surface area contributed by atoms with Crippen LogP contribution in [0.3, 0.4) is 0 Å². The summed E-state index contributed by atoms with van der Waals surface area (Å²) in [4.78, 5) is 0. The molecule has 1 aliphatic rings. The van der Waals surface area contributed by atoms with Gasteiger partial charge in [0.15, 0.2) is 0 Å². The van der Waals surface area contributed by atoms with E-state index in [0.29, 0.717) is 5.03 Å². The zero-order valence-corrected chi connectivity index (χ0v) is 5.68. The van der Waals surface area contributed by atoms with Crippen molar-refractivity contribution in [2.45, 2.75) is 12.1 Å². The standard InChI is InChI=1S/C6H9ClN2/c7-4-2-1-3-5(8)6(4)9/h1-3,5-6H,8-9H2. The Morgan fingerprint density at radius 2 is 2.11 bits per heavy atom. The van der Waals surface area contributed by atoms with Crippen molar-refractivity contribution in [2.75, 3.05) is 0 Å². The molecule has 0 amide bonds. The molecule has 9 heavy (non-hydrogen) atoms. The van der Waals surface area contributed by atoms with Gasteiger partial charge in [-0.25, -0.2) is 0 Å². The van der Waals surface area contributed by atoms with Gasteiger partial charge in [0.05, 0.1) is 6.04 Å². The van der Waals surface area contributed by atoms with E-state index in [1.165, 1.54) is 0 Å². The topological polar surface area (TPSA) is 52.0 Å². The van der Waals surface area contributed by atoms with Crippen LogP contribution in [0.2, 0.25) is 0 Å². The first-order valence-corrected chi connectivity index (χ1v) is 3.14. The van der Waals surface area contributed by atoms with Gasteiger partial charge >= 0.3 is 0 Å². The molecule has 0 spiro atoms. The number of hydrogen-bond acceptors (Lipinski definition) is 2. The van der Waals surface area contributed by atoms with Crippen LogP contribution in [0, 0.1) is 0 Å². The van der Waals surface area contributed by atoms with Crippen molar-refractivity contribution >= 4 is 11.6 Å². The molecule has 0 heterocycles. The van der Waals surface area contributed by atoms with Gasteiger partial charge in [-0.05, 0) is 6.08 Å². The number of allylic oxidation sites excluding steroid dienone is 2. The monoisotopic (exact) mass is 144 g/mol. The summed E-state index contributed by atoms with van der Waals surface area (Å²) in [6.45, 7) is 0. The molecule has 0 saturated carbocycles. The van der Waals surface area contributed by atoms with E-state index in [0.717, 1.165) is 0 Å². The predicted molar refractivity (Wildman–Crippen MR) is 39.0 cm³/mol. The lowest BCUT2D eigenvalue weighted by atomic mass is 10.1. The normalized spacial score (nSPS) is 34.3. The Kier molecular flexibility index (Phi) is 1.90. The van der Waals surface area contributed by atoms with Crippen LogP contribution in [0.4, 0.5) is 0 Å². The highest BCUT2D eigenvalue weighted by atomic mass is 35.5. The molecular formula is C6H9ClN2. The summed E-state index contributed by atoms with van der Waals surface area (Å²) in [5, 5.41) is 0.630. The second-order valence-electron chi connectivity index (χ2n) is 2.04. The third kappa shape index (κ3) is 1.33. The van der Waals surface area contributed by atoms with Gasteiger partial charge < -0.3 is 11.5 Å². The maximum Gasteiger partial charge on any atom is 0.0593 e. The molecule has 0 radical (unpaired) electrons. The summed E-state index contributed by atoms with van der Waals surface area (Å²) in [6.07, 6.45) is 5.41. The Labute approximate surface area is 59.2 Å². The van der Waals surface area contributed by atoms with Crippen molar-refractivity contribution < 1.29 is 0 Å². The average molecular weight is 145 g/mol. The summed E-state index contributed by atoms with van der Waals surface area (Å²) in [5.74, 6) is 0. The molecule has 1 aliphatic carbocycles. The van der Waals surface area contributed by atoms with Gasteiger partial charge in [-0.1, -0.05) is 23.8 Å². The Bertz CT molecular complexity index is 162. The van der Waals surface area contributed by atoms with Gasteiger partial charge in [0, 0.05) is 11.1 Å². The molecule has 0 aliphatic heterocycles. The first-order valence-electron chi connectivity index (χ1n) is 2.77.